The second-order valence-electron chi connectivity index (χ2n) is 3.38. The van der Waals surface area contributed by atoms with Gasteiger partial charge in [-0.05, 0) is 12.8 Å². The first kappa shape index (κ1) is 7.56. The lowest BCUT2D eigenvalue weighted by atomic mass is 10.5. The molecule has 2 rings (SSSR count). The summed E-state index contributed by atoms with van der Waals surface area (Å²) in [7, 11) is 0. The van der Waals surface area contributed by atoms with Crippen molar-refractivity contribution in [1.29, 1.82) is 5.26 Å². The second-order valence-corrected chi connectivity index (χ2v) is 3.38. The molecular weight excluding hydrogens is 154 g/mol. The van der Waals surface area contributed by atoms with Gasteiger partial charge in [0.2, 0.25) is 5.91 Å². The van der Waals surface area contributed by atoms with Crippen molar-refractivity contribution in [3.05, 3.63) is 0 Å². The van der Waals surface area contributed by atoms with Crippen LogP contribution in [0.4, 0.5) is 0 Å². The number of nitrogens with zero attached hydrogens (tertiary/aromatic N) is 3. The van der Waals surface area contributed by atoms with E-state index in [1.54, 1.807) is 0 Å². The lowest BCUT2D eigenvalue weighted by Gasteiger charge is -2.14. The van der Waals surface area contributed by atoms with Gasteiger partial charge in [-0.3, -0.25) is 9.69 Å². The van der Waals surface area contributed by atoms with E-state index in [9.17, 15) is 4.79 Å². The van der Waals surface area contributed by atoms with Gasteiger partial charge in [0.15, 0.2) is 0 Å². The Morgan fingerprint density at radius 1 is 1.58 bits per heavy atom. The lowest BCUT2D eigenvalue weighted by molar-refractivity contribution is -0.127. The molecule has 12 heavy (non-hydrogen) atoms. The highest BCUT2D eigenvalue weighted by Gasteiger charge is 2.37. The quantitative estimate of drug-likeness (QED) is 0.531. The van der Waals surface area contributed by atoms with E-state index in [0.29, 0.717) is 25.8 Å². The van der Waals surface area contributed by atoms with E-state index in [4.69, 9.17) is 5.26 Å². The molecule has 0 atom stereocenters. The molecule has 1 amide bonds. The first-order valence-electron chi connectivity index (χ1n) is 4.20. The average molecular weight is 165 g/mol. The Hall–Kier alpha value is -1.08. The normalized spacial score (nSPS) is 24.6. The van der Waals surface area contributed by atoms with Gasteiger partial charge in [0.05, 0.1) is 25.8 Å². The summed E-state index contributed by atoms with van der Waals surface area (Å²) in [6.45, 7) is 1.47. The van der Waals surface area contributed by atoms with Crippen molar-refractivity contribution in [1.82, 2.24) is 9.80 Å². The van der Waals surface area contributed by atoms with Gasteiger partial charge in [-0.1, -0.05) is 0 Å². The minimum absolute atomic E-state index is 0.188. The first-order chi connectivity index (χ1) is 5.81. The standard InChI is InChI=1S/C8H11N3O/c9-3-4-10-5-8(12)11(6-10)7-1-2-7/h7H,1-2,4-6H2. The fraction of sp³-hybridized carbons (Fsp3) is 0.750. The van der Waals surface area contributed by atoms with Crippen LogP contribution in [0.2, 0.25) is 0 Å². The molecule has 4 heteroatoms. The van der Waals surface area contributed by atoms with Crippen LogP contribution in [0.5, 0.6) is 0 Å². The van der Waals surface area contributed by atoms with Crippen LogP contribution in [-0.4, -0.2) is 41.5 Å². The van der Waals surface area contributed by atoms with Crippen LogP contribution >= 0.6 is 0 Å². The van der Waals surface area contributed by atoms with Crippen LogP contribution in [0.3, 0.4) is 0 Å². The van der Waals surface area contributed by atoms with Crippen LogP contribution in [0, 0.1) is 11.3 Å². The van der Waals surface area contributed by atoms with Crippen molar-refractivity contribution in [2.24, 2.45) is 0 Å². The molecule has 2 aliphatic rings. The van der Waals surface area contributed by atoms with E-state index in [0.717, 1.165) is 12.8 Å². The Morgan fingerprint density at radius 3 is 2.92 bits per heavy atom. The molecule has 0 bridgehead atoms. The lowest BCUT2D eigenvalue weighted by Crippen LogP contribution is -2.29. The topological polar surface area (TPSA) is 47.3 Å². The fourth-order valence-corrected chi connectivity index (χ4v) is 1.54. The van der Waals surface area contributed by atoms with Gasteiger partial charge in [-0.15, -0.1) is 0 Å². The molecule has 1 heterocycles. The van der Waals surface area contributed by atoms with Gasteiger partial charge in [0, 0.05) is 6.04 Å². The van der Waals surface area contributed by atoms with E-state index in [-0.39, 0.29) is 5.91 Å². The summed E-state index contributed by atoms with van der Waals surface area (Å²) >= 11 is 0. The van der Waals surface area contributed by atoms with Crippen molar-refractivity contribution in [2.45, 2.75) is 18.9 Å². The third-order valence-electron chi connectivity index (χ3n) is 2.31. The molecule has 1 aliphatic carbocycles. The van der Waals surface area contributed by atoms with Crippen molar-refractivity contribution in [3.63, 3.8) is 0 Å². The maximum Gasteiger partial charge on any atom is 0.238 e. The fourth-order valence-electron chi connectivity index (χ4n) is 1.54. The molecule has 0 spiro atoms. The number of hydrogen-bond donors (Lipinski definition) is 0. The molecule has 0 aromatic heterocycles. The zero-order valence-corrected chi connectivity index (χ0v) is 6.86. The number of carbonyl (C=O) groups is 1. The van der Waals surface area contributed by atoms with Crippen LogP contribution in [0.15, 0.2) is 0 Å². The van der Waals surface area contributed by atoms with Crippen LogP contribution in [0.25, 0.3) is 0 Å². The molecule has 0 unspecified atom stereocenters. The van der Waals surface area contributed by atoms with E-state index in [1.165, 1.54) is 0 Å². The SMILES string of the molecule is N#CCN1CC(=O)N(C2CC2)C1. The van der Waals surface area contributed by atoms with Gasteiger partial charge >= 0.3 is 0 Å². The zero-order valence-electron chi connectivity index (χ0n) is 6.86. The third-order valence-corrected chi connectivity index (χ3v) is 2.31. The van der Waals surface area contributed by atoms with E-state index in [2.05, 4.69) is 6.07 Å². The Balaban J connectivity index is 1.93. The largest absolute Gasteiger partial charge is 0.326 e. The number of amides is 1. The van der Waals surface area contributed by atoms with Gasteiger partial charge in [-0.2, -0.15) is 5.26 Å². The predicted octanol–water partition coefficient (Wildman–Crippen LogP) is -0.226. The summed E-state index contributed by atoms with van der Waals surface area (Å²) in [5.74, 6) is 0.188. The van der Waals surface area contributed by atoms with Crippen LogP contribution < -0.4 is 0 Å². The van der Waals surface area contributed by atoms with Gasteiger partial charge in [0.1, 0.15) is 0 Å². The van der Waals surface area contributed by atoms with Crippen LogP contribution in [-0.2, 0) is 4.79 Å². The third kappa shape index (κ3) is 1.28. The molecule has 2 fully saturated rings. The second kappa shape index (κ2) is 2.76. The molecule has 1 saturated heterocycles. The van der Waals surface area contributed by atoms with E-state index in [1.807, 2.05) is 9.80 Å². The van der Waals surface area contributed by atoms with E-state index >= 15 is 0 Å². The minimum atomic E-state index is 0.188. The van der Waals surface area contributed by atoms with E-state index < -0.39 is 0 Å². The predicted molar refractivity (Wildman–Crippen MR) is 41.9 cm³/mol. The Kier molecular flexibility index (Phi) is 1.74. The van der Waals surface area contributed by atoms with Crippen molar-refractivity contribution < 1.29 is 4.79 Å². The highest BCUT2D eigenvalue weighted by Crippen LogP contribution is 2.29. The molecule has 64 valence electrons. The summed E-state index contributed by atoms with van der Waals surface area (Å²) < 4.78 is 0. The van der Waals surface area contributed by atoms with Crippen molar-refractivity contribution >= 4 is 5.91 Å². The minimum Gasteiger partial charge on any atom is -0.326 e. The van der Waals surface area contributed by atoms with Crippen molar-refractivity contribution in [2.75, 3.05) is 19.8 Å². The number of carbonyl (C=O) groups excluding carboxylic acids is 1. The van der Waals surface area contributed by atoms with Gasteiger partial charge in [0.25, 0.3) is 0 Å². The summed E-state index contributed by atoms with van der Waals surface area (Å²) in [6, 6.07) is 2.54. The molecule has 4 nitrogen and oxygen atoms in total. The molecule has 1 aliphatic heterocycles. The number of rotatable bonds is 2. The maximum atomic E-state index is 11.3. The summed E-state index contributed by atoms with van der Waals surface area (Å²) in [5, 5.41) is 8.43. The molecule has 0 radical (unpaired) electrons. The molecule has 0 N–H and O–H groups in total. The smallest absolute Gasteiger partial charge is 0.238 e. The summed E-state index contributed by atoms with van der Waals surface area (Å²) in [6.07, 6.45) is 2.29. The Labute approximate surface area is 71.4 Å². The highest BCUT2D eigenvalue weighted by molar-refractivity contribution is 5.80. The molecular formula is C8H11N3O. The van der Waals surface area contributed by atoms with Gasteiger partial charge in [-0.25, -0.2) is 0 Å². The highest BCUT2D eigenvalue weighted by atomic mass is 16.2. The Bertz CT molecular complexity index is 241. The monoisotopic (exact) mass is 165 g/mol. The molecule has 0 aromatic carbocycles. The molecule has 1 saturated carbocycles. The maximum absolute atomic E-state index is 11.3. The molecule has 0 aromatic rings. The van der Waals surface area contributed by atoms with Crippen LogP contribution in [0.1, 0.15) is 12.8 Å². The number of nitriles is 1. The summed E-state index contributed by atoms with van der Waals surface area (Å²) in [4.78, 5) is 15.1. The first-order valence-corrected chi connectivity index (χ1v) is 4.20. The average Bonchev–Trinajstić information content (AvgIpc) is 2.79. The zero-order chi connectivity index (χ0) is 8.55. The Morgan fingerprint density at radius 2 is 2.33 bits per heavy atom. The summed E-state index contributed by atoms with van der Waals surface area (Å²) in [5.41, 5.74) is 0. The number of hydrogen-bond acceptors (Lipinski definition) is 3. The van der Waals surface area contributed by atoms with Crippen molar-refractivity contribution in [3.8, 4) is 6.07 Å². The van der Waals surface area contributed by atoms with Gasteiger partial charge < -0.3 is 4.90 Å².